The molecule has 9 nitrogen and oxygen atoms in total. The van der Waals surface area contributed by atoms with E-state index in [1.54, 1.807) is 48.7 Å². The van der Waals surface area contributed by atoms with Crippen LogP contribution in [0.15, 0.2) is 59.6 Å². The van der Waals surface area contributed by atoms with Crippen LogP contribution in [0, 0.1) is 6.92 Å². The molecule has 0 amide bonds. The van der Waals surface area contributed by atoms with Crippen LogP contribution in [0.4, 0.5) is 5.82 Å². The van der Waals surface area contributed by atoms with Gasteiger partial charge in [-0.3, -0.25) is 4.79 Å². The first-order valence-electron chi connectivity index (χ1n) is 11.3. The van der Waals surface area contributed by atoms with Crippen molar-refractivity contribution in [1.82, 2.24) is 18.9 Å². The minimum absolute atomic E-state index is 0.217. The Balaban J connectivity index is 1.52. The zero-order valence-electron chi connectivity index (χ0n) is 19.3. The summed E-state index contributed by atoms with van der Waals surface area (Å²) in [5.41, 5.74) is 2.79. The molecule has 0 radical (unpaired) electrons. The molecule has 0 aliphatic carbocycles. The number of fused-ring (bicyclic) bond motifs is 2. The number of morpholine rings is 1. The number of hydrogen-bond donors (Lipinski definition) is 0. The van der Waals surface area contributed by atoms with E-state index in [0.717, 1.165) is 5.56 Å². The number of carbonyl (C=O) groups is 1. The summed E-state index contributed by atoms with van der Waals surface area (Å²) in [6.07, 6.45) is 2.27. The minimum atomic E-state index is -3.79. The monoisotopic (exact) mass is 519 g/mol. The summed E-state index contributed by atoms with van der Waals surface area (Å²) >= 11 is 1.21. The number of thiazole rings is 1. The van der Waals surface area contributed by atoms with Gasteiger partial charge in [-0.1, -0.05) is 41.2 Å². The number of nitrogens with zero attached hydrogens (tertiary/aromatic N) is 5. The molecule has 0 saturated carbocycles. The van der Waals surface area contributed by atoms with Gasteiger partial charge in [0.25, 0.3) is 10.0 Å². The molecule has 182 valence electrons. The second-order valence-electron chi connectivity index (χ2n) is 8.46. The van der Waals surface area contributed by atoms with Crippen molar-refractivity contribution in [3.8, 4) is 11.4 Å². The molecule has 3 aromatic heterocycles. The van der Waals surface area contributed by atoms with Crippen molar-refractivity contribution in [1.29, 1.82) is 0 Å². The molecule has 5 aromatic rings. The van der Waals surface area contributed by atoms with Gasteiger partial charge in [-0.25, -0.2) is 27.3 Å². The Hall–Kier alpha value is -3.67. The summed E-state index contributed by atoms with van der Waals surface area (Å²) in [6, 6.07) is 14.0. The van der Waals surface area contributed by atoms with Crippen LogP contribution < -0.4 is 4.90 Å². The maximum Gasteiger partial charge on any atom is 0.268 e. The SMILES string of the molecule is Cc1ccc(S(=O)(=O)n2ccc3c(-c4nc(N5CCOCC5)c5nc(C=O)sc5n4)cccc32)cc1. The van der Waals surface area contributed by atoms with Crippen molar-refractivity contribution in [2.24, 2.45) is 0 Å². The van der Waals surface area contributed by atoms with E-state index in [-0.39, 0.29) is 4.90 Å². The summed E-state index contributed by atoms with van der Waals surface area (Å²) in [7, 11) is -3.79. The van der Waals surface area contributed by atoms with Crippen molar-refractivity contribution < 1.29 is 17.9 Å². The van der Waals surface area contributed by atoms with E-state index in [1.165, 1.54) is 15.3 Å². The van der Waals surface area contributed by atoms with Crippen LogP contribution in [0.5, 0.6) is 0 Å². The van der Waals surface area contributed by atoms with Gasteiger partial charge >= 0.3 is 0 Å². The Kier molecular flexibility index (Phi) is 5.55. The molecule has 1 fully saturated rings. The first-order chi connectivity index (χ1) is 17.5. The van der Waals surface area contributed by atoms with Gasteiger partial charge in [-0.15, -0.1) is 0 Å². The van der Waals surface area contributed by atoms with Crippen LogP contribution in [0.1, 0.15) is 15.4 Å². The van der Waals surface area contributed by atoms with Crippen molar-refractivity contribution >= 4 is 54.7 Å². The summed E-state index contributed by atoms with van der Waals surface area (Å²) in [5.74, 6) is 1.09. The van der Waals surface area contributed by atoms with Gasteiger partial charge in [0.2, 0.25) is 0 Å². The zero-order valence-corrected chi connectivity index (χ0v) is 20.9. The number of aromatic nitrogens is 4. The Morgan fingerprint density at radius 2 is 1.78 bits per heavy atom. The number of rotatable bonds is 5. The number of aldehydes is 1. The number of anilines is 1. The molecule has 2 aromatic carbocycles. The fourth-order valence-electron chi connectivity index (χ4n) is 4.36. The standard InChI is InChI=1S/C25H21N5O4S2/c1-16-5-7-17(8-6-16)36(32,33)30-10-9-18-19(3-2-4-20(18)30)23-27-24(29-11-13-34-14-12-29)22-25(28-23)35-21(15-31)26-22/h2-10,15H,11-14H2,1H3. The van der Waals surface area contributed by atoms with Crippen LogP contribution in [-0.2, 0) is 14.8 Å². The molecule has 0 atom stereocenters. The van der Waals surface area contributed by atoms with E-state index in [9.17, 15) is 13.2 Å². The van der Waals surface area contributed by atoms with Crippen molar-refractivity contribution in [2.45, 2.75) is 11.8 Å². The fourth-order valence-corrected chi connectivity index (χ4v) is 6.46. The van der Waals surface area contributed by atoms with Gasteiger partial charge in [-0.05, 0) is 31.2 Å². The average molecular weight is 520 g/mol. The smallest absolute Gasteiger partial charge is 0.268 e. The van der Waals surface area contributed by atoms with Crippen LogP contribution >= 0.6 is 11.3 Å². The van der Waals surface area contributed by atoms with Gasteiger partial charge in [-0.2, -0.15) is 0 Å². The second kappa shape index (κ2) is 8.77. The Morgan fingerprint density at radius 3 is 2.53 bits per heavy atom. The zero-order chi connectivity index (χ0) is 24.9. The average Bonchev–Trinajstić information content (AvgIpc) is 3.53. The van der Waals surface area contributed by atoms with Crippen LogP contribution in [-0.4, -0.2) is 59.9 Å². The van der Waals surface area contributed by atoms with Crippen LogP contribution in [0.2, 0.25) is 0 Å². The summed E-state index contributed by atoms with van der Waals surface area (Å²) in [6.45, 7) is 4.35. The second-order valence-corrected chi connectivity index (χ2v) is 11.3. The highest BCUT2D eigenvalue weighted by atomic mass is 32.2. The van der Waals surface area contributed by atoms with Gasteiger partial charge < -0.3 is 9.64 Å². The lowest BCUT2D eigenvalue weighted by molar-refractivity contribution is 0.112. The number of aryl methyl sites for hydroxylation is 1. The molecule has 0 spiro atoms. The summed E-state index contributed by atoms with van der Waals surface area (Å²) < 4.78 is 33.6. The summed E-state index contributed by atoms with van der Waals surface area (Å²) in [4.78, 5) is 28.4. The number of carbonyl (C=O) groups excluding carboxylic acids is 1. The molecule has 4 heterocycles. The Bertz CT molecular complexity index is 1720. The largest absolute Gasteiger partial charge is 0.378 e. The van der Waals surface area contributed by atoms with E-state index in [4.69, 9.17) is 14.7 Å². The molecular formula is C25H21N5O4S2. The van der Waals surface area contributed by atoms with Gasteiger partial charge in [0.05, 0.1) is 23.6 Å². The molecule has 36 heavy (non-hydrogen) atoms. The Morgan fingerprint density at radius 1 is 1.00 bits per heavy atom. The lowest BCUT2D eigenvalue weighted by Crippen LogP contribution is -2.37. The van der Waals surface area contributed by atoms with Gasteiger partial charge in [0.1, 0.15) is 10.3 Å². The maximum atomic E-state index is 13.4. The normalized spacial score (nSPS) is 14.5. The molecule has 11 heteroatoms. The third-order valence-electron chi connectivity index (χ3n) is 6.18. The molecule has 0 N–H and O–H groups in total. The van der Waals surface area contributed by atoms with E-state index < -0.39 is 10.0 Å². The lowest BCUT2D eigenvalue weighted by Gasteiger charge is -2.28. The number of ether oxygens (including phenoxy) is 1. The van der Waals surface area contributed by atoms with E-state index in [1.807, 2.05) is 13.0 Å². The van der Waals surface area contributed by atoms with Crippen molar-refractivity contribution in [3.05, 3.63) is 65.3 Å². The number of hydrogen-bond acceptors (Lipinski definition) is 9. The highest BCUT2D eigenvalue weighted by Gasteiger charge is 2.24. The first-order valence-corrected chi connectivity index (χ1v) is 13.6. The van der Waals surface area contributed by atoms with E-state index in [0.29, 0.717) is 76.1 Å². The van der Waals surface area contributed by atoms with E-state index >= 15 is 0 Å². The summed E-state index contributed by atoms with van der Waals surface area (Å²) in [5, 5.41) is 1.04. The van der Waals surface area contributed by atoms with Gasteiger partial charge in [0, 0.05) is 30.2 Å². The molecule has 1 saturated heterocycles. The van der Waals surface area contributed by atoms with E-state index in [2.05, 4.69) is 9.88 Å². The molecule has 0 unspecified atom stereocenters. The van der Waals surface area contributed by atoms with Crippen LogP contribution in [0.3, 0.4) is 0 Å². The highest BCUT2D eigenvalue weighted by Crippen LogP contribution is 2.34. The fraction of sp³-hybridized carbons (Fsp3) is 0.200. The van der Waals surface area contributed by atoms with Crippen molar-refractivity contribution in [2.75, 3.05) is 31.2 Å². The quantitative estimate of drug-likeness (QED) is 0.322. The molecule has 1 aliphatic rings. The third kappa shape index (κ3) is 3.76. The third-order valence-corrected chi connectivity index (χ3v) is 8.76. The van der Waals surface area contributed by atoms with Crippen LogP contribution in [0.25, 0.3) is 32.6 Å². The maximum absolute atomic E-state index is 13.4. The van der Waals surface area contributed by atoms with Crippen molar-refractivity contribution in [3.63, 3.8) is 0 Å². The molecule has 0 bridgehead atoms. The predicted molar refractivity (Wildman–Crippen MR) is 138 cm³/mol. The lowest BCUT2D eigenvalue weighted by atomic mass is 10.1. The molecular weight excluding hydrogens is 498 g/mol. The molecule has 1 aliphatic heterocycles. The topological polar surface area (TPSA) is 107 Å². The molecule has 6 rings (SSSR count). The first kappa shape index (κ1) is 22.8. The predicted octanol–water partition coefficient (Wildman–Crippen LogP) is 3.90. The Labute approximate surface area is 211 Å². The van der Waals surface area contributed by atoms with Gasteiger partial charge in [0.15, 0.2) is 22.9 Å². The highest BCUT2D eigenvalue weighted by molar-refractivity contribution is 7.90. The minimum Gasteiger partial charge on any atom is -0.378 e. The number of benzene rings is 2.